The Morgan fingerprint density at radius 3 is 2.68 bits per heavy atom. The van der Waals surface area contributed by atoms with Crippen LogP contribution in [0.2, 0.25) is 0 Å². The zero-order chi connectivity index (χ0) is 13.8. The first-order valence-electron chi connectivity index (χ1n) is 7.02. The summed E-state index contributed by atoms with van der Waals surface area (Å²) in [5.74, 6) is 0.164. The minimum absolute atomic E-state index is 0.195. The maximum absolute atomic E-state index is 13.6. The second-order valence-electron chi connectivity index (χ2n) is 5.06. The third-order valence-corrected chi connectivity index (χ3v) is 4.26. The van der Waals surface area contributed by atoms with E-state index in [-0.39, 0.29) is 5.82 Å². The summed E-state index contributed by atoms with van der Waals surface area (Å²) in [7, 11) is 0. The number of hydrogen-bond donors (Lipinski definition) is 0. The van der Waals surface area contributed by atoms with E-state index in [1.807, 2.05) is 6.07 Å². The number of benzene rings is 1. The summed E-state index contributed by atoms with van der Waals surface area (Å²) in [6.07, 6.45) is 1.15. The van der Waals surface area contributed by atoms with E-state index in [0.717, 1.165) is 43.9 Å². The SMILES string of the molecule is CCN(CC)C1CCN(c2cc(F)cc(CCl)c2)C1. The van der Waals surface area contributed by atoms with Crippen molar-refractivity contribution in [3.05, 3.63) is 29.6 Å². The van der Waals surface area contributed by atoms with E-state index in [0.29, 0.717) is 11.9 Å². The van der Waals surface area contributed by atoms with Gasteiger partial charge in [0.15, 0.2) is 0 Å². The van der Waals surface area contributed by atoms with Gasteiger partial charge in [0.1, 0.15) is 5.82 Å². The second kappa shape index (κ2) is 6.58. The molecule has 0 aliphatic carbocycles. The van der Waals surface area contributed by atoms with E-state index in [2.05, 4.69) is 23.6 Å². The van der Waals surface area contributed by atoms with Gasteiger partial charge in [0.25, 0.3) is 0 Å². The van der Waals surface area contributed by atoms with Gasteiger partial charge in [0.05, 0.1) is 0 Å². The van der Waals surface area contributed by atoms with Crippen molar-refractivity contribution in [3.63, 3.8) is 0 Å². The largest absolute Gasteiger partial charge is 0.370 e. The molecular weight excluding hydrogens is 263 g/mol. The van der Waals surface area contributed by atoms with Gasteiger partial charge in [-0.1, -0.05) is 13.8 Å². The van der Waals surface area contributed by atoms with E-state index in [1.165, 1.54) is 6.07 Å². The molecule has 0 N–H and O–H groups in total. The molecule has 0 spiro atoms. The lowest BCUT2D eigenvalue weighted by molar-refractivity contribution is 0.232. The molecule has 2 rings (SSSR count). The van der Waals surface area contributed by atoms with E-state index < -0.39 is 0 Å². The molecule has 1 saturated heterocycles. The topological polar surface area (TPSA) is 6.48 Å². The lowest BCUT2D eigenvalue weighted by Gasteiger charge is -2.26. The number of nitrogens with zero attached hydrogens (tertiary/aromatic N) is 2. The number of rotatable bonds is 5. The average Bonchev–Trinajstić information content (AvgIpc) is 2.89. The maximum atomic E-state index is 13.6. The van der Waals surface area contributed by atoms with Crippen molar-refractivity contribution in [1.29, 1.82) is 0 Å². The zero-order valence-corrected chi connectivity index (χ0v) is 12.5. The fraction of sp³-hybridized carbons (Fsp3) is 0.600. The molecule has 106 valence electrons. The smallest absolute Gasteiger partial charge is 0.125 e. The monoisotopic (exact) mass is 284 g/mol. The lowest BCUT2D eigenvalue weighted by atomic mass is 10.2. The van der Waals surface area contributed by atoms with E-state index >= 15 is 0 Å². The molecule has 19 heavy (non-hydrogen) atoms. The zero-order valence-electron chi connectivity index (χ0n) is 11.7. The molecule has 0 bridgehead atoms. The van der Waals surface area contributed by atoms with Crippen molar-refractivity contribution < 1.29 is 4.39 Å². The highest BCUT2D eigenvalue weighted by molar-refractivity contribution is 6.17. The molecule has 1 aromatic carbocycles. The lowest BCUT2D eigenvalue weighted by Crippen LogP contribution is -2.37. The number of anilines is 1. The second-order valence-corrected chi connectivity index (χ2v) is 5.33. The van der Waals surface area contributed by atoms with Crippen molar-refractivity contribution in [2.45, 2.75) is 32.2 Å². The third-order valence-electron chi connectivity index (χ3n) is 3.95. The molecule has 1 fully saturated rings. The van der Waals surface area contributed by atoms with Gasteiger partial charge in [0, 0.05) is 30.7 Å². The van der Waals surface area contributed by atoms with Crippen LogP contribution in [0.5, 0.6) is 0 Å². The molecule has 1 aliphatic heterocycles. The van der Waals surface area contributed by atoms with Gasteiger partial charge in [0.2, 0.25) is 0 Å². The summed E-state index contributed by atoms with van der Waals surface area (Å²) in [4.78, 5) is 4.74. The van der Waals surface area contributed by atoms with Crippen molar-refractivity contribution in [3.8, 4) is 0 Å². The summed E-state index contributed by atoms with van der Waals surface area (Å²) >= 11 is 5.81. The van der Waals surface area contributed by atoms with Gasteiger partial charge in [-0.05, 0) is 43.3 Å². The Labute approximate surface area is 120 Å². The van der Waals surface area contributed by atoms with Gasteiger partial charge >= 0.3 is 0 Å². The van der Waals surface area contributed by atoms with Crippen molar-refractivity contribution in [2.75, 3.05) is 31.1 Å². The van der Waals surface area contributed by atoms with Crippen LogP contribution in [0.15, 0.2) is 18.2 Å². The van der Waals surface area contributed by atoms with Crippen LogP contribution >= 0.6 is 11.6 Å². The molecule has 1 aromatic rings. The Morgan fingerprint density at radius 2 is 2.05 bits per heavy atom. The van der Waals surface area contributed by atoms with Crippen LogP contribution in [0.25, 0.3) is 0 Å². The van der Waals surface area contributed by atoms with Crippen LogP contribution < -0.4 is 4.90 Å². The molecule has 2 nitrogen and oxygen atoms in total. The Bertz CT molecular complexity index is 421. The molecule has 1 heterocycles. The highest BCUT2D eigenvalue weighted by atomic mass is 35.5. The Kier molecular flexibility index (Phi) is 5.06. The number of hydrogen-bond acceptors (Lipinski definition) is 2. The van der Waals surface area contributed by atoms with Crippen molar-refractivity contribution in [1.82, 2.24) is 4.90 Å². The molecule has 4 heteroatoms. The molecule has 0 saturated carbocycles. The predicted molar refractivity (Wildman–Crippen MR) is 79.5 cm³/mol. The highest BCUT2D eigenvalue weighted by Gasteiger charge is 2.26. The van der Waals surface area contributed by atoms with Gasteiger partial charge in [-0.3, -0.25) is 4.90 Å². The Hall–Kier alpha value is -0.800. The molecule has 0 amide bonds. The van der Waals surface area contributed by atoms with E-state index in [4.69, 9.17) is 11.6 Å². The molecular formula is C15H22ClFN2. The Morgan fingerprint density at radius 1 is 1.32 bits per heavy atom. The van der Waals surface area contributed by atoms with Gasteiger partial charge < -0.3 is 4.90 Å². The number of likely N-dealkylation sites (N-methyl/N-ethyl adjacent to an activating group) is 1. The van der Waals surface area contributed by atoms with Crippen LogP contribution in [0.1, 0.15) is 25.8 Å². The standard InChI is InChI=1S/C15H22ClFN2/c1-3-18(4-2)14-5-6-19(11-14)15-8-12(10-16)7-13(17)9-15/h7-9,14H,3-6,10-11H2,1-2H3. The van der Waals surface area contributed by atoms with Gasteiger partial charge in [-0.15, -0.1) is 11.6 Å². The summed E-state index contributed by atoms with van der Waals surface area (Å²) in [5, 5.41) is 0. The first-order chi connectivity index (χ1) is 9.17. The van der Waals surface area contributed by atoms with Crippen LogP contribution in [-0.4, -0.2) is 37.1 Å². The van der Waals surface area contributed by atoms with Crippen LogP contribution in [0.4, 0.5) is 10.1 Å². The Balaban J connectivity index is 2.10. The molecule has 0 aromatic heterocycles. The highest BCUT2D eigenvalue weighted by Crippen LogP contribution is 2.25. The fourth-order valence-corrected chi connectivity index (χ4v) is 3.06. The minimum Gasteiger partial charge on any atom is -0.370 e. The van der Waals surface area contributed by atoms with Gasteiger partial charge in [-0.2, -0.15) is 0 Å². The van der Waals surface area contributed by atoms with Crippen LogP contribution in [0, 0.1) is 5.82 Å². The first kappa shape index (κ1) is 14.6. The minimum atomic E-state index is -0.195. The van der Waals surface area contributed by atoms with Crippen LogP contribution in [0.3, 0.4) is 0 Å². The van der Waals surface area contributed by atoms with Crippen molar-refractivity contribution in [2.24, 2.45) is 0 Å². The quantitative estimate of drug-likeness (QED) is 0.764. The number of halogens is 2. The van der Waals surface area contributed by atoms with E-state index in [1.54, 1.807) is 6.07 Å². The third kappa shape index (κ3) is 3.40. The molecule has 1 unspecified atom stereocenters. The van der Waals surface area contributed by atoms with Crippen molar-refractivity contribution >= 4 is 17.3 Å². The first-order valence-corrected chi connectivity index (χ1v) is 7.55. The van der Waals surface area contributed by atoms with E-state index in [9.17, 15) is 4.39 Å². The molecule has 1 atom stereocenters. The summed E-state index contributed by atoms with van der Waals surface area (Å²) < 4.78 is 13.6. The maximum Gasteiger partial charge on any atom is 0.125 e. The molecule has 0 radical (unpaired) electrons. The summed E-state index contributed by atoms with van der Waals surface area (Å²) in [6, 6.07) is 5.70. The van der Waals surface area contributed by atoms with Gasteiger partial charge in [-0.25, -0.2) is 4.39 Å². The summed E-state index contributed by atoms with van der Waals surface area (Å²) in [6.45, 7) is 8.51. The fourth-order valence-electron chi connectivity index (χ4n) is 2.91. The normalized spacial score (nSPS) is 19.4. The summed E-state index contributed by atoms with van der Waals surface area (Å²) in [5.41, 5.74) is 1.81. The number of alkyl halides is 1. The molecule has 1 aliphatic rings. The van der Waals surface area contributed by atoms with Crippen LogP contribution in [-0.2, 0) is 5.88 Å². The predicted octanol–water partition coefficient (Wildman–Crippen LogP) is 3.49. The average molecular weight is 285 g/mol.